The Labute approximate surface area is 162 Å². The van der Waals surface area contributed by atoms with Gasteiger partial charge in [0.2, 0.25) is 10.0 Å². The highest BCUT2D eigenvalue weighted by Gasteiger charge is 2.17. The van der Waals surface area contributed by atoms with E-state index >= 15 is 0 Å². The molecule has 1 heterocycles. The van der Waals surface area contributed by atoms with Gasteiger partial charge in [0.05, 0.1) is 27.2 Å². The number of hydrogen-bond donors (Lipinski definition) is 2. The minimum Gasteiger partial charge on any atom is -0.494 e. The zero-order valence-corrected chi connectivity index (χ0v) is 16.3. The number of nitrogens with zero attached hydrogens (tertiary/aromatic N) is 1. The van der Waals surface area contributed by atoms with Crippen LogP contribution in [0, 0.1) is 0 Å². The van der Waals surface area contributed by atoms with Crippen LogP contribution in [0.4, 0.5) is 5.13 Å². The third kappa shape index (κ3) is 3.62. The molecule has 3 N–H and O–H groups in total. The van der Waals surface area contributed by atoms with Gasteiger partial charge < -0.3 is 4.74 Å². The van der Waals surface area contributed by atoms with E-state index < -0.39 is 15.9 Å². The number of sulfonamides is 1. The second-order valence-corrected chi connectivity index (χ2v) is 8.44. The summed E-state index contributed by atoms with van der Waals surface area (Å²) in [5.41, 5.74) is 0.768. The molecule has 136 valence electrons. The van der Waals surface area contributed by atoms with Gasteiger partial charge in [-0.2, -0.15) is 0 Å². The van der Waals surface area contributed by atoms with Crippen LogP contribution in [0.5, 0.6) is 5.75 Å². The Bertz CT molecular complexity index is 1110. The minimum atomic E-state index is -3.82. The molecule has 0 saturated carbocycles. The molecular formula is C15H11Cl2N3O4S2. The maximum Gasteiger partial charge on any atom is 0.257 e. The molecule has 3 rings (SSSR count). The molecule has 1 aromatic heterocycles. The van der Waals surface area contributed by atoms with Crippen molar-refractivity contribution in [3.05, 3.63) is 45.9 Å². The monoisotopic (exact) mass is 431 g/mol. The molecule has 0 bridgehead atoms. The normalized spacial score (nSPS) is 11.5. The Kier molecular flexibility index (Phi) is 5.09. The van der Waals surface area contributed by atoms with Crippen LogP contribution in [0.25, 0.3) is 10.2 Å². The van der Waals surface area contributed by atoms with Crippen molar-refractivity contribution in [2.75, 3.05) is 12.4 Å². The van der Waals surface area contributed by atoms with Crippen LogP contribution in [0.3, 0.4) is 0 Å². The van der Waals surface area contributed by atoms with Crippen molar-refractivity contribution >= 4 is 65.8 Å². The third-order valence-corrected chi connectivity index (χ3v) is 6.09. The average Bonchev–Trinajstić information content (AvgIpc) is 2.97. The fourth-order valence-electron chi connectivity index (χ4n) is 2.19. The van der Waals surface area contributed by atoms with Gasteiger partial charge in [0.1, 0.15) is 5.02 Å². The Balaban J connectivity index is 1.89. The molecule has 0 fully saturated rings. The van der Waals surface area contributed by atoms with Crippen molar-refractivity contribution < 1.29 is 17.9 Å². The van der Waals surface area contributed by atoms with Crippen LogP contribution in [0.2, 0.25) is 10.0 Å². The highest BCUT2D eigenvalue weighted by atomic mass is 35.5. The van der Waals surface area contributed by atoms with Crippen LogP contribution in [0.15, 0.2) is 35.2 Å². The number of thiazole rings is 1. The Morgan fingerprint density at radius 2 is 1.92 bits per heavy atom. The zero-order chi connectivity index (χ0) is 19.1. The molecule has 2 aromatic carbocycles. The van der Waals surface area contributed by atoms with Crippen LogP contribution in [-0.2, 0) is 10.0 Å². The predicted molar refractivity (Wildman–Crippen MR) is 102 cm³/mol. The van der Waals surface area contributed by atoms with Crippen molar-refractivity contribution in [2.45, 2.75) is 4.90 Å². The molecule has 0 aliphatic rings. The van der Waals surface area contributed by atoms with Gasteiger partial charge in [-0.05, 0) is 30.3 Å². The molecule has 11 heteroatoms. The SMILES string of the molecule is COc1c(Cl)cc2nc(NC(=O)c3ccc(S(N)(=O)=O)cc3)sc2c1Cl. The number of fused-ring (bicyclic) bond motifs is 1. The van der Waals surface area contributed by atoms with E-state index in [0.717, 1.165) is 11.3 Å². The number of ether oxygens (including phenoxy) is 1. The van der Waals surface area contributed by atoms with Gasteiger partial charge in [0, 0.05) is 5.56 Å². The summed E-state index contributed by atoms with van der Waals surface area (Å²) in [4.78, 5) is 16.5. The number of carbonyl (C=O) groups excluding carboxylic acids is 1. The maximum atomic E-state index is 12.3. The topological polar surface area (TPSA) is 111 Å². The Hall–Kier alpha value is -1.91. The molecular weight excluding hydrogens is 421 g/mol. The van der Waals surface area contributed by atoms with Crippen LogP contribution >= 0.6 is 34.5 Å². The van der Waals surface area contributed by atoms with E-state index in [2.05, 4.69) is 10.3 Å². The standard InChI is InChI=1S/C15H11Cl2N3O4S2/c1-24-12-9(16)6-10-13(11(12)17)25-15(19-10)20-14(21)7-2-4-8(5-3-7)26(18,22)23/h2-6H,1H3,(H2,18,22,23)(H,19,20,21). The lowest BCUT2D eigenvalue weighted by Gasteiger charge is -2.04. The third-order valence-electron chi connectivity index (χ3n) is 3.40. The molecule has 0 radical (unpaired) electrons. The van der Waals surface area contributed by atoms with Crippen LogP contribution < -0.4 is 15.2 Å². The highest BCUT2D eigenvalue weighted by Crippen LogP contribution is 2.42. The maximum absolute atomic E-state index is 12.3. The van der Waals surface area contributed by atoms with Gasteiger partial charge in [-0.3, -0.25) is 10.1 Å². The minimum absolute atomic E-state index is 0.0810. The lowest BCUT2D eigenvalue weighted by atomic mass is 10.2. The molecule has 0 aliphatic carbocycles. The van der Waals surface area contributed by atoms with Gasteiger partial charge in [-0.25, -0.2) is 18.5 Å². The second kappa shape index (κ2) is 7.01. The summed E-state index contributed by atoms with van der Waals surface area (Å²) in [7, 11) is -2.37. The number of anilines is 1. The predicted octanol–water partition coefficient (Wildman–Crippen LogP) is 3.51. The molecule has 0 atom stereocenters. The summed E-state index contributed by atoms with van der Waals surface area (Å²) < 4.78 is 28.3. The molecule has 7 nitrogen and oxygen atoms in total. The van der Waals surface area contributed by atoms with Gasteiger partial charge in [-0.1, -0.05) is 34.5 Å². The quantitative estimate of drug-likeness (QED) is 0.656. The molecule has 0 saturated heterocycles. The van der Waals surface area contributed by atoms with Crippen molar-refractivity contribution in [3.8, 4) is 5.75 Å². The summed E-state index contributed by atoms with van der Waals surface area (Å²) in [6.45, 7) is 0. The van der Waals surface area contributed by atoms with Crippen molar-refractivity contribution in [1.82, 2.24) is 4.98 Å². The summed E-state index contributed by atoms with van der Waals surface area (Å²) in [6.07, 6.45) is 0. The number of primary sulfonamides is 1. The number of nitrogens with one attached hydrogen (secondary N) is 1. The Morgan fingerprint density at radius 3 is 2.50 bits per heavy atom. The molecule has 0 aliphatic heterocycles. The molecule has 0 spiro atoms. The van der Waals surface area contributed by atoms with E-state index in [1.807, 2.05) is 0 Å². The summed E-state index contributed by atoms with van der Waals surface area (Å²) in [6, 6.07) is 6.81. The van der Waals surface area contributed by atoms with Crippen LogP contribution in [0.1, 0.15) is 10.4 Å². The molecule has 3 aromatic rings. The first-order chi connectivity index (χ1) is 12.2. The number of hydrogen-bond acceptors (Lipinski definition) is 6. The largest absolute Gasteiger partial charge is 0.494 e. The summed E-state index contributed by atoms with van der Waals surface area (Å²) in [5.74, 6) is -0.125. The average molecular weight is 432 g/mol. The van der Waals surface area contributed by atoms with Gasteiger partial charge >= 0.3 is 0 Å². The Morgan fingerprint density at radius 1 is 1.27 bits per heavy atom. The smallest absolute Gasteiger partial charge is 0.257 e. The highest BCUT2D eigenvalue weighted by molar-refractivity contribution is 7.89. The first kappa shape index (κ1) is 18.9. The first-order valence-electron chi connectivity index (χ1n) is 6.97. The second-order valence-electron chi connectivity index (χ2n) is 5.10. The number of rotatable bonds is 4. The van der Waals surface area contributed by atoms with E-state index in [1.54, 1.807) is 6.07 Å². The van der Waals surface area contributed by atoms with E-state index in [-0.39, 0.29) is 10.5 Å². The van der Waals surface area contributed by atoms with Gasteiger partial charge in [0.25, 0.3) is 5.91 Å². The number of methoxy groups -OCH3 is 1. The van der Waals surface area contributed by atoms with Crippen LogP contribution in [-0.4, -0.2) is 26.4 Å². The fourth-order valence-corrected chi connectivity index (χ4v) is 4.29. The summed E-state index contributed by atoms with van der Waals surface area (Å²) in [5, 5.41) is 8.60. The van der Waals surface area contributed by atoms with Gasteiger partial charge in [-0.15, -0.1) is 0 Å². The van der Waals surface area contributed by atoms with Crippen molar-refractivity contribution in [2.24, 2.45) is 5.14 Å². The number of aromatic nitrogens is 1. The zero-order valence-electron chi connectivity index (χ0n) is 13.1. The number of halogens is 2. The lowest BCUT2D eigenvalue weighted by Crippen LogP contribution is -2.14. The van der Waals surface area contributed by atoms with Gasteiger partial charge in [0.15, 0.2) is 10.9 Å². The first-order valence-corrected chi connectivity index (χ1v) is 10.1. The molecule has 1 amide bonds. The lowest BCUT2D eigenvalue weighted by molar-refractivity contribution is 0.102. The van der Waals surface area contributed by atoms with Crippen molar-refractivity contribution in [1.29, 1.82) is 0 Å². The fraction of sp³-hybridized carbons (Fsp3) is 0.0667. The van der Waals surface area contributed by atoms with Crippen molar-refractivity contribution in [3.63, 3.8) is 0 Å². The van der Waals surface area contributed by atoms with E-state index in [9.17, 15) is 13.2 Å². The number of benzene rings is 2. The number of amides is 1. The van der Waals surface area contributed by atoms with E-state index in [0.29, 0.717) is 31.1 Å². The van der Waals surface area contributed by atoms with E-state index in [4.69, 9.17) is 33.1 Å². The molecule has 0 unspecified atom stereocenters. The number of carbonyl (C=O) groups is 1. The van der Waals surface area contributed by atoms with E-state index in [1.165, 1.54) is 31.4 Å². The number of nitrogens with two attached hydrogens (primary N) is 1. The molecule has 26 heavy (non-hydrogen) atoms. The summed E-state index contributed by atoms with van der Waals surface area (Å²) >= 11 is 13.5.